The van der Waals surface area contributed by atoms with Gasteiger partial charge in [0, 0.05) is 32.3 Å². The minimum atomic E-state index is -0.830. The van der Waals surface area contributed by atoms with Crippen LogP contribution in [-0.2, 0) is 9.53 Å². The average molecular weight is 265 g/mol. The molecule has 0 bridgehead atoms. The molecule has 0 aromatic heterocycles. The first-order valence-electron chi connectivity index (χ1n) is 7.04. The van der Waals surface area contributed by atoms with E-state index >= 15 is 0 Å². The van der Waals surface area contributed by atoms with Crippen molar-refractivity contribution in [3.05, 3.63) is 0 Å². The zero-order valence-electron chi connectivity index (χ0n) is 11.9. The largest absolute Gasteiger partial charge is 0.381 e. The van der Waals surface area contributed by atoms with Crippen LogP contribution in [0.2, 0.25) is 0 Å². The van der Waals surface area contributed by atoms with E-state index in [2.05, 4.69) is 25.1 Å². The van der Waals surface area contributed by atoms with Crippen LogP contribution in [0.25, 0.3) is 0 Å². The van der Waals surface area contributed by atoms with Gasteiger partial charge in [-0.15, -0.1) is 0 Å². The third-order valence-corrected chi connectivity index (χ3v) is 4.45. The number of hydrogen-bond acceptors (Lipinski definition) is 4. The van der Waals surface area contributed by atoms with E-state index in [-0.39, 0.29) is 5.91 Å². The van der Waals surface area contributed by atoms with Gasteiger partial charge in [-0.2, -0.15) is 5.26 Å². The molecule has 2 saturated heterocycles. The third-order valence-electron chi connectivity index (χ3n) is 4.45. The first-order valence-corrected chi connectivity index (χ1v) is 7.04. The van der Waals surface area contributed by atoms with Crippen LogP contribution in [0.3, 0.4) is 0 Å². The van der Waals surface area contributed by atoms with Gasteiger partial charge in [0.2, 0.25) is 5.91 Å². The van der Waals surface area contributed by atoms with Crippen LogP contribution in [-0.4, -0.2) is 62.1 Å². The third kappa shape index (κ3) is 2.90. The van der Waals surface area contributed by atoms with Crippen molar-refractivity contribution in [3.63, 3.8) is 0 Å². The topological polar surface area (TPSA) is 56.6 Å². The van der Waals surface area contributed by atoms with Gasteiger partial charge in [-0.05, 0) is 39.8 Å². The Labute approximate surface area is 115 Å². The second-order valence-electron chi connectivity index (χ2n) is 5.79. The fourth-order valence-corrected chi connectivity index (χ4v) is 2.98. The van der Waals surface area contributed by atoms with Crippen LogP contribution >= 0.6 is 0 Å². The lowest BCUT2D eigenvalue weighted by molar-refractivity contribution is -0.145. The number of piperidine rings is 1. The summed E-state index contributed by atoms with van der Waals surface area (Å²) in [7, 11) is 4.16. The van der Waals surface area contributed by atoms with E-state index in [0.717, 1.165) is 25.9 Å². The summed E-state index contributed by atoms with van der Waals surface area (Å²) in [4.78, 5) is 16.7. The first-order chi connectivity index (χ1) is 9.09. The maximum absolute atomic E-state index is 12.6. The van der Waals surface area contributed by atoms with Crippen molar-refractivity contribution in [1.29, 1.82) is 5.26 Å². The normalized spacial score (nSPS) is 24.2. The fraction of sp³-hybridized carbons (Fsp3) is 0.857. The summed E-state index contributed by atoms with van der Waals surface area (Å²) in [5, 5.41) is 9.42. The summed E-state index contributed by atoms with van der Waals surface area (Å²) in [6.07, 6.45) is 3.07. The molecule has 2 heterocycles. The molecule has 2 fully saturated rings. The molecule has 1 amide bonds. The number of hydrogen-bond donors (Lipinski definition) is 0. The van der Waals surface area contributed by atoms with Gasteiger partial charge >= 0.3 is 0 Å². The Kier molecular flexibility index (Phi) is 4.43. The van der Waals surface area contributed by atoms with Crippen molar-refractivity contribution in [3.8, 4) is 6.07 Å². The standard InChI is InChI=1S/C14H23N3O2/c1-16(2)12-3-7-17(8-4-12)13(18)14(11-15)5-9-19-10-6-14/h12H,3-10H2,1-2H3. The molecule has 2 rings (SSSR count). The second kappa shape index (κ2) is 5.89. The van der Waals surface area contributed by atoms with Crippen LogP contribution in [0.5, 0.6) is 0 Å². The van der Waals surface area contributed by atoms with Gasteiger partial charge in [0.15, 0.2) is 0 Å². The van der Waals surface area contributed by atoms with Crippen LogP contribution in [0.1, 0.15) is 25.7 Å². The van der Waals surface area contributed by atoms with E-state index in [4.69, 9.17) is 4.74 Å². The lowest BCUT2D eigenvalue weighted by atomic mass is 9.80. The molecule has 0 saturated carbocycles. The highest BCUT2D eigenvalue weighted by atomic mass is 16.5. The number of carbonyl (C=O) groups is 1. The van der Waals surface area contributed by atoms with Gasteiger partial charge in [0.25, 0.3) is 0 Å². The fourth-order valence-electron chi connectivity index (χ4n) is 2.98. The smallest absolute Gasteiger partial charge is 0.243 e. The van der Waals surface area contributed by atoms with Gasteiger partial charge in [0.05, 0.1) is 6.07 Å². The van der Waals surface area contributed by atoms with E-state index < -0.39 is 5.41 Å². The van der Waals surface area contributed by atoms with Gasteiger partial charge in [-0.25, -0.2) is 0 Å². The molecule has 5 nitrogen and oxygen atoms in total. The van der Waals surface area contributed by atoms with Crippen molar-refractivity contribution in [2.24, 2.45) is 5.41 Å². The van der Waals surface area contributed by atoms with E-state index in [1.54, 1.807) is 0 Å². The molecule has 0 aromatic carbocycles. The van der Waals surface area contributed by atoms with Crippen molar-refractivity contribution in [2.45, 2.75) is 31.7 Å². The Bertz CT molecular complexity index is 361. The number of likely N-dealkylation sites (tertiary alicyclic amines) is 1. The molecule has 0 aromatic rings. The minimum Gasteiger partial charge on any atom is -0.381 e. The highest BCUT2D eigenvalue weighted by molar-refractivity contribution is 5.85. The lowest BCUT2D eigenvalue weighted by Crippen LogP contribution is -2.51. The molecule has 2 aliphatic heterocycles. The van der Waals surface area contributed by atoms with Crippen LogP contribution in [0.4, 0.5) is 0 Å². The molecule has 106 valence electrons. The molecule has 0 spiro atoms. The first kappa shape index (κ1) is 14.3. The van der Waals surface area contributed by atoms with E-state index in [9.17, 15) is 10.1 Å². The Morgan fingerprint density at radius 3 is 2.37 bits per heavy atom. The average Bonchev–Trinajstić information content (AvgIpc) is 2.47. The summed E-state index contributed by atoms with van der Waals surface area (Å²) in [6.45, 7) is 2.58. The Balaban J connectivity index is 1.98. The predicted molar refractivity (Wildman–Crippen MR) is 71.4 cm³/mol. The van der Waals surface area contributed by atoms with Gasteiger partial charge in [0.1, 0.15) is 5.41 Å². The summed E-state index contributed by atoms with van der Waals surface area (Å²) < 4.78 is 5.28. The Morgan fingerprint density at radius 2 is 1.89 bits per heavy atom. The molecule has 0 unspecified atom stereocenters. The maximum Gasteiger partial charge on any atom is 0.243 e. The Hall–Kier alpha value is -1.12. The predicted octanol–water partition coefficient (Wildman–Crippen LogP) is 0.859. The zero-order chi connectivity index (χ0) is 13.9. The van der Waals surface area contributed by atoms with E-state index in [0.29, 0.717) is 32.1 Å². The van der Waals surface area contributed by atoms with Crippen molar-refractivity contribution in [2.75, 3.05) is 40.4 Å². The Morgan fingerprint density at radius 1 is 1.32 bits per heavy atom. The molecular weight excluding hydrogens is 242 g/mol. The van der Waals surface area contributed by atoms with Gasteiger partial charge < -0.3 is 14.5 Å². The summed E-state index contributed by atoms with van der Waals surface area (Å²) in [5.41, 5.74) is -0.830. The summed E-state index contributed by atoms with van der Waals surface area (Å²) >= 11 is 0. The van der Waals surface area contributed by atoms with Crippen molar-refractivity contribution in [1.82, 2.24) is 9.80 Å². The molecule has 2 aliphatic rings. The molecule has 0 N–H and O–H groups in total. The summed E-state index contributed by atoms with van der Waals surface area (Å²) in [5.74, 6) is 0.0236. The lowest BCUT2D eigenvalue weighted by Gasteiger charge is -2.39. The number of amides is 1. The maximum atomic E-state index is 12.6. The number of rotatable bonds is 2. The monoisotopic (exact) mass is 265 g/mol. The second-order valence-corrected chi connectivity index (χ2v) is 5.79. The van der Waals surface area contributed by atoms with Crippen LogP contribution < -0.4 is 0 Å². The number of ether oxygens (including phenoxy) is 1. The quantitative estimate of drug-likeness (QED) is 0.743. The molecule has 0 radical (unpaired) electrons. The van der Waals surface area contributed by atoms with E-state index in [1.807, 2.05) is 4.90 Å². The number of nitriles is 1. The molecular formula is C14H23N3O2. The van der Waals surface area contributed by atoms with Crippen LogP contribution in [0, 0.1) is 16.7 Å². The zero-order valence-corrected chi connectivity index (χ0v) is 11.9. The highest BCUT2D eigenvalue weighted by Crippen LogP contribution is 2.33. The number of nitrogens with zero attached hydrogens (tertiary/aromatic N) is 3. The van der Waals surface area contributed by atoms with Gasteiger partial charge in [-0.1, -0.05) is 0 Å². The van der Waals surface area contributed by atoms with Crippen molar-refractivity contribution >= 4 is 5.91 Å². The van der Waals surface area contributed by atoms with E-state index in [1.165, 1.54) is 0 Å². The summed E-state index contributed by atoms with van der Waals surface area (Å²) in [6, 6.07) is 2.82. The number of carbonyl (C=O) groups excluding carboxylic acids is 1. The van der Waals surface area contributed by atoms with Gasteiger partial charge in [-0.3, -0.25) is 4.79 Å². The molecule has 0 aliphatic carbocycles. The van der Waals surface area contributed by atoms with Crippen LogP contribution in [0.15, 0.2) is 0 Å². The SMILES string of the molecule is CN(C)C1CCN(C(=O)C2(C#N)CCOCC2)CC1. The highest BCUT2D eigenvalue weighted by Gasteiger charge is 2.43. The molecule has 19 heavy (non-hydrogen) atoms. The molecule has 5 heteroatoms. The van der Waals surface area contributed by atoms with Crippen molar-refractivity contribution < 1.29 is 9.53 Å². The minimum absolute atomic E-state index is 0.0236. The molecule has 0 atom stereocenters.